The standard InChI is InChI=1S/C11H19NO/c1-9-6-11(8-13-9)7-12-4-2-10(11)3-5-12/h9-10H,2-8H2,1H3/t9-,11-/m0/s1. The van der Waals surface area contributed by atoms with E-state index in [1.807, 2.05) is 0 Å². The van der Waals surface area contributed by atoms with Crippen LogP contribution in [0.5, 0.6) is 0 Å². The summed E-state index contributed by atoms with van der Waals surface area (Å²) in [7, 11) is 0. The zero-order valence-electron chi connectivity index (χ0n) is 8.46. The van der Waals surface area contributed by atoms with E-state index in [4.69, 9.17) is 4.74 Å². The molecule has 4 aliphatic rings. The lowest BCUT2D eigenvalue weighted by atomic mass is 9.65. The fourth-order valence-corrected chi connectivity index (χ4v) is 3.67. The Morgan fingerprint density at radius 3 is 2.54 bits per heavy atom. The minimum absolute atomic E-state index is 0.514. The van der Waals surface area contributed by atoms with Gasteiger partial charge in [0.1, 0.15) is 0 Å². The molecule has 1 spiro atoms. The highest BCUT2D eigenvalue weighted by atomic mass is 16.5. The van der Waals surface area contributed by atoms with E-state index in [1.165, 1.54) is 38.9 Å². The SMILES string of the molecule is C[C@H]1C[C@@]2(CO1)CN1CCC2CC1. The summed E-state index contributed by atoms with van der Waals surface area (Å²) in [4.78, 5) is 2.64. The van der Waals surface area contributed by atoms with Crippen LogP contribution in [0.25, 0.3) is 0 Å². The summed E-state index contributed by atoms with van der Waals surface area (Å²) in [5, 5.41) is 0. The van der Waals surface area contributed by atoms with Gasteiger partial charge < -0.3 is 9.64 Å². The highest BCUT2D eigenvalue weighted by Gasteiger charge is 2.50. The Hall–Kier alpha value is -0.0800. The maximum absolute atomic E-state index is 5.77. The van der Waals surface area contributed by atoms with Crippen LogP contribution in [-0.2, 0) is 4.74 Å². The van der Waals surface area contributed by atoms with Gasteiger partial charge in [0.25, 0.3) is 0 Å². The van der Waals surface area contributed by atoms with Crippen LogP contribution in [0.2, 0.25) is 0 Å². The fourth-order valence-electron chi connectivity index (χ4n) is 3.67. The molecule has 0 aromatic carbocycles. The van der Waals surface area contributed by atoms with Crippen molar-refractivity contribution in [3.63, 3.8) is 0 Å². The van der Waals surface area contributed by atoms with Crippen molar-refractivity contribution in [2.45, 2.75) is 32.3 Å². The van der Waals surface area contributed by atoms with Crippen molar-refractivity contribution in [2.24, 2.45) is 11.3 Å². The third kappa shape index (κ3) is 1.15. The van der Waals surface area contributed by atoms with Gasteiger partial charge in [0.05, 0.1) is 12.7 Å². The van der Waals surface area contributed by atoms with Crippen molar-refractivity contribution in [1.82, 2.24) is 4.90 Å². The summed E-state index contributed by atoms with van der Waals surface area (Å²) in [6.45, 7) is 7.28. The van der Waals surface area contributed by atoms with E-state index < -0.39 is 0 Å². The lowest BCUT2D eigenvalue weighted by Gasteiger charge is -2.51. The predicted molar refractivity (Wildman–Crippen MR) is 51.6 cm³/mol. The molecular weight excluding hydrogens is 162 g/mol. The normalized spacial score (nSPS) is 54.7. The molecule has 4 saturated heterocycles. The van der Waals surface area contributed by atoms with Gasteiger partial charge in [-0.1, -0.05) is 0 Å². The summed E-state index contributed by atoms with van der Waals surface area (Å²) in [5.41, 5.74) is 0.565. The van der Waals surface area contributed by atoms with Gasteiger partial charge in [-0.25, -0.2) is 0 Å². The molecule has 4 aliphatic heterocycles. The van der Waals surface area contributed by atoms with Crippen LogP contribution >= 0.6 is 0 Å². The van der Waals surface area contributed by atoms with Gasteiger partial charge >= 0.3 is 0 Å². The van der Waals surface area contributed by atoms with Crippen molar-refractivity contribution in [3.8, 4) is 0 Å². The molecule has 2 bridgehead atoms. The van der Waals surface area contributed by atoms with Gasteiger partial charge in [-0.2, -0.15) is 0 Å². The minimum atomic E-state index is 0.514. The second kappa shape index (κ2) is 2.71. The van der Waals surface area contributed by atoms with Crippen molar-refractivity contribution >= 4 is 0 Å². The van der Waals surface area contributed by atoms with Gasteiger partial charge in [-0.3, -0.25) is 0 Å². The lowest BCUT2D eigenvalue weighted by Crippen LogP contribution is -2.55. The summed E-state index contributed by atoms with van der Waals surface area (Å²) >= 11 is 0. The highest BCUT2D eigenvalue weighted by Crippen LogP contribution is 2.48. The molecule has 4 heterocycles. The molecule has 74 valence electrons. The van der Waals surface area contributed by atoms with Crippen LogP contribution in [0.1, 0.15) is 26.2 Å². The number of hydrogen-bond donors (Lipinski definition) is 0. The Bertz CT molecular complexity index is 210. The maximum Gasteiger partial charge on any atom is 0.0554 e. The van der Waals surface area contributed by atoms with Gasteiger partial charge in [0, 0.05) is 12.0 Å². The van der Waals surface area contributed by atoms with Crippen LogP contribution in [0, 0.1) is 11.3 Å². The van der Waals surface area contributed by atoms with E-state index in [9.17, 15) is 0 Å². The van der Waals surface area contributed by atoms with E-state index in [-0.39, 0.29) is 0 Å². The molecule has 0 N–H and O–H groups in total. The first-order valence-corrected chi connectivity index (χ1v) is 5.62. The molecule has 2 heteroatoms. The van der Waals surface area contributed by atoms with Crippen molar-refractivity contribution in [2.75, 3.05) is 26.2 Å². The highest BCUT2D eigenvalue weighted by molar-refractivity contribution is 5.00. The molecule has 0 saturated carbocycles. The predicted octanol–water partition coefficient (Wildman–Crippen LogP) is 1.51. The summed E-state index contributed by atoms with van der Waals surface area (Å²) in [6.07, 6.45) is 4.68. The molecule has 13 heavy (non-hydrogen) atoms. The molecule has 2 atom stereocenters. The summed E-state index contributed by atoms with van der Waals surface area (Å²) < 4.78 is 5.77. The number of piperidine rings is 3. The fraction of sp³-hybridized carbons (Fsp3) is 1.00. The largest absolute Gasteiger partial charge is 0.378 e. The van der Waals surface area contributed by atoms with Crippen LogP contribution in [0.15, 0.2) is 0 Å². The Morgan fingerprint density at radius 1 is 1.31 bits per heavy atom. The van der Waals surface area contributed by atoms with E-state index in [0.717, 1.165) is 12.5 Å². The number of rotatable bonds is 0. The minimum Gasteiger partial charge on any atom is -0.378 e. The molecule has 4 rings (SSSR count). The third-order valence-electron chi connectivity index (χ3n) is 4.34. The van der Waals surface area contributed by atoms with Gasteiger partial charge in [-0.15, -0.1) is 0 Å². The van der Waals surface area contributed by atoms with E-state index in [0.29, 0.717) is 11.5 Å². The second-order valence-electron chi connectivity index (χ2n) is 5.24. The van der Waals surface area contributed by atoms with Crippen LogP contribution in [0.3, 0.4) is 0 Å². The van der Waals surface area contributed by atoms with Crippen LogP contribution in [-0.4, -0.2) is 37.2 Å². The maximum atomic E-state index is 5.77. The molecule has 0 aromatic heterocycles. The number of nitrogens with zero attached hydrogens (tertiary/aromatic N) is 1. The average molecular weight is 181 g/mol. The number of fused-ring (bicyclic) bond motifs is 2. The molecule has 4 fully saturated rings. The molecule has 0 aromatic rings. The molecular formula is C11H19NO. The quantitative estimate of drug-likeness (QED) is 0.561. The smallest absolute Gasteiger partial charge is 0.0554 e. The first-order chi connectivity index (χ1) is 6.28. The van der Waals surface area contributed by atoms with E-state index in [1.54, 1.807) is 0 Å². The topological polar surface area (TPSA) is 12.5 Å². The zero-order valence-corrected chi connectivity index (χ0v) is 8.46. The molecule has 0 radical (unpaired) electrons. The average Bonchev–Trinajstić information content (AvgIpc) is 2.49. The lowest BCUT2D eigenvalue weighted by molar-refractivity contribution is -0.0338. The zero-order chi connectivity index (χ0) is 8.89. The second-order valence-corrected chi connectivity index (χ2v) is 5.24. The number of ether oxygens (including phenoxy) is 1. The molecule has 0 amide bonds. The Morgan fingerprint density at radius 2 is 2.08 bits per heavy atom. The third-order valence-corrected chi connectivity index (χ3v) is 4.34. The van der Waals surface area contributed by atoms with Gasteiger partial charge in [0.15, 0.2) is 0 Å². The first kappa shape index (κ1) is 8.25. The van der Waals surface area contributed by atoms with Gasteiger partial charge in [-0.05, 0) is 45.2 Å². The van der Waals surface area contributed by atoms with Crippen molar-refractivity contribution in [1.29, 1.82) is 0 Å². The first-order valence-electron chi connectivity index (χ1n) is 5.62. The summed E-state index contributed by atoms with van der Waals surface area (Å²) in [6, 6.07) is 0. The Labute approximate surface area is 80.2 Å². The molecule has 0 unspecified atom stereocenters. The molecule has 2 nitrogen and oxygen atoms in total. The van der Waals surface area contributed by atoms with E-state index >= 15 is 0 Å². The Kier molecular flexibility index (Phi) is 1.72. The van der Waals surface area contributed by atoms with Crippen LogP contribution < -0.4 is 0 Å². The van der Waals surface area contributed by atoms with Gasteiger partial charge in [0.2, 0.25) is 0 Å². The monoisotopic (exact) mass is 181 g/mol. The van der Waals surface area contributed by atoms with Crippen LogP contribution in [0.4, 0.5) is 0 Å². The Balaban J connectivity index is 1.83. The van der Waals surface area contributed by atoms with E-state index in [2.05, 4.69) is 11.8 Å². The summed E-state index contributed by atoms with van der Waals surface area (Å²) in [5.74, 6) is 0.974. The van der Waals surface area contributed by atoms with Crippen molar-refractivity contribution < 1.29 is 4.74 Å². The van der Waals surface area contributed by atoms with Crippen molar-refractivity contribution in [3.05, 3.63) is 0 Å². The molecule has 0 aliphatic carbocycles. The number of hydrogen-bond acceptors (Lipinski definition) is 2.